The molecule has 1 saturated heterocycles. The summed E-state index contributed by atoms with van der Waals surface area (Å²) in [7, 11) is 1.66. The van der Waals surface area contributed by atoms with Gasteiger partial charge in [-0.2, -0.15) is 0 Å². The Bertz CT molecular complexity index is 1130. The number of nitrogens with zero attached hydrogens (tertiary/aromatic N) is 2. The summed E-state index contributed by atoms with van der Waals surface area (Å²) in [6.45, 7) is 1.43. The Kier molecular flexibility index (Phi) is 4.56. The van der Waals surface area contributed by atoms with Crippen LogP contribution >= 0.6 is 11.3 Å². The highest BCUT2D eigenvalue weighted by Gasteiger charge is 2.29. The highest BCUT2D eigenvalue weighted by molar-refractivity contribution is 7.21. The zero-order valence-corrected chi connectivity index (χ0v) is 16.8. The van der Waals surface area contributed by atoms with Gasteiger partial charge < -0.3 is 14.1 Å². The topological polar surface area (TPSA) is 55.6 Å². The number of aromatic nitrogens is 1. The van der Waals surface area contributed by atoms with E-state index in [-0.39, 0.29) is 5.91 Å². The van der Waals surface area contributed by atoms with Gasteiger partial charge in [0.25, 0.3) is 5.91 Å². The van der Waals surface area contributed by atoms with Crippen LogP contribution in [0.5, 0.6) is 5.75 Å². The Hall–Kier alpha value is -3.12. The molecule has 0 N–H and O–H groups in total. The second-order valence-electron chi connectivity index (χ2n) is 7.16. The Balaban J connectivity index is 1.31. The van der Waals surface area contributed by atoms with Crippen molar-refractivity contribution in [3.63, 3.8) is 0 Å². The van der Waals surface area contributed by atoms with Crippen LogP contribution in [0.2, 0.25) is 0 Å². The molecule has 0 aliphatic carbocycles. The van der Waals surface area contributed by atoms with Crippen molar-refractivity contribution >= 4 is 27.5 Å². The predicted molar refractivity (Wildman–Crippen MR) is 114 cm³/mol. The van der Waals surface area contributed by atoms with Crippen molar-refractivity contribution in [2.75, 3.05) is 20.2 Å². The minimum Gasteiger partial charge on any atom is -0.497 e. The van der Waals surface area contributed by atoms with Gasteiger partial charge >= 0.3 is 0 Å². The number of amides is 1. The van der Waals surface area contributed by atoms with Gasteiger partial charge in [-0.05, 0) is 48.4 Å². The molecule has 1 unspecified atom stereocenters. The average Bonchev–Trinajstić information content (AvgIpc) is 3.52. The molecule has 3 heterocycles. The maximum Gasteiger partial charge on any atom is 0.289 e. The minimum atomic E-state index is -0.0617. The van der Waals surface area contributed by atoms with E-state index in [1.165, 1.54) is 5.56 Å². The first-order chi connectivity index (χ1) is 14.2. The Morgan fingerprint density at radius 1 is 1.14 bits per heavy atom. The number of furan rings is 1. The van der Waals surface area contributed by atoms with E-state index in [0.29, 0.717) is 24.0 Å². The quantitative estimate of drug-likeness (QED) is 0.469. The fourth-order valence-corrected chi connectivity index (χ4v) is 4.72. The normalized spacial score (nSPS) is 16.4. The summed E-state index contributed by atoms with van der Waals surface area (Å²) in [6, 6.07) is 19.7. The van der Waals surface area contributed by atoms with Crippen molar-refractivity contribution in [2.24, 2.45) is 0 Å². The molecule has 0 radical (unpaired) electrons. The van der Waals surface area contributed by atoms with Crippen LogP contribution in [0.4, 0.5) is 0 Å². The number of carbonyl (C=O) groups is 1. The van der Waals surface area contributed by atoms with E-state index in [9.17, 15) is 4.79 Å². The zero-order chi connectivity index (χ0) is 19.8. The molecule has 1 amide bonds. The molecule has 146 valence electrons. The smallest absolute Gasteiger partial charge is 0.289 e. The van der Waals surface area contributed by atoms with Gasteiger partial charge in [0.05, 0.1) is 17.3 Å². The summed E-state index contributed by atoms with van der Waals surface area (Å²) >= 11 is 1.57. The monoisotopic (exact) mass is 404 g/mol. The lowest BCUT2D eigenvalue weighted by Gasteiger charge is -2.15. The van der Waals surface area contributed by atoms with E-state index in [2.05, 4.69) is 17.1 Å². The van der Waals surface area contributed by atoms with Crippen LogP contribution < -0.4 is 4.74 Å². The summed E-state index contributed by atoms with van der Waals surface area (Å²) in [5.41, 5.74) is 2.18. The maximum absolute atomic E-state index is 12.9. The van der Waals surface area contributed by atoms with E-state index in [4.69, 9.17) is 9.15 Å². The van der Waals surface area contributed by atoms with E-state index >= 15 is 0 Å². The summed E-state index contributed by atoms with van der Waals surface area (Å²) < 4.78 is 12.2. The first-order valence-corrected chi connectivity index (χ1v) is 10.4. The van der Waals surface area contributed by atoms with Crippen molar-refractivity contribution in [1.29, 1.82) is 0 Å². The number of likely N-dealkylation sites (tertiary alicyclic amines) is 1. The summed E-state index contributed by atoms with van der Waals surface area (Å²) in [5, 5.41) is 0.794. The third-order valence-corrected chi connectivity index (χ3v) is 6.44. The lowest BCUT2D eigenvalue weighted by molar-refractivity contribution is 0.0760. The molecule has 29 heavy (non-hydrogen) atoms. The lowest BCUT2D eigenvalue weighted by atomic mass is 9.98. The van der Waals surface area contributed by atoms with Crippen molar-refractivity contribution in [1.82, 2.24) is 9.88 Å². The molecular weight excluding hydrogens is 384 g/mol. The lowest BCUT2D eigenvalue weighted by Crippen LogP contribution is -2.28. The van der Waals surface area contributed by atoms with Crippen LogP contribution in [0.15, 0.2) is 65.1 Å². The van der Waals surface area contributed by atoms with Gasteiger partial charge in [0.1, 0.15) is 5.75 Å². The number of hydrogen-bond donors (Lipinski definition) is 0. The number of thiazole rings is 1. The number of rotatable bonds is 4. The van der Waals surface area contributed by atoms with Crippen LogP contribution in [-0.4, -0.2) is 36.0 Å². The number of carbonyl (C=O) groups excluding carboxylic acids is 1. The maximum atomic E-state index is 12.9. The minimum absolute atomic E-state index is 0.0617. The first kappa shape index (κ1) is 17.9. The number of hydrogen-bond acceptors (Lipinski definition) is 5. The van der Waals surface area contributed by atoms with Crippen LogP contribution in [0.3, 0.4) is 0 Å². The standard InChI is InChI=1S/C23H20N2O3S/c1-27-17-8-6-15(7-9-17)16-12-13-25(14-16)23(26)20-11-10-19(28-20)22-24-18-4-2-3-5-21(18)29-22/h2-11,16H,12-14H2,1H3. The van der Waals surface area contributed by atoms with Crippen molar-refractivity contribution in [3.05, 3.63) is 72.0 Å². The van der Waals surface area contributed by atoms with E-state index in [1.807, 2.05) is 47.4 Å². The third kappa shape index (κ3) is 3.40. The van der Waals surface area contributed by atoms with Gasteiger partial charge in [-0.1, -0.05) is 24.3 Å². The Morgan fingerprint density at radius 3 is 2.76 bits per heavy atom. The fourth-order valence-electron chi connectivity index (χ4n) is 3.79. The molecule has 6 heteroatoms. The molecule has 5 rings (SSSR count). The fraction of sp³-hybridized carbons (Fsp3) is 0.217. The highest BCUT2D eigenvalue weighted by atomic mass is 32.1. The highest BCUT2D eigenvalue weighted by Crippen LogP contribution is 2.33. The molecule has 4 aromatic rings. The van der Waals surface area contributed by atoms with Gasteiger partial charge in [-0.3, -0.25) is 4.79 Å². The van der Waals surface area contributed by atoms with Crippen LogP contribution in [0.25, 0.3) is 21.0 Å². The third-order valence-electron chi connectivity index (χ3n) is 5.38. The van der Waals surface area contributed by atoms with Gasteiger partial charge in [0.2, 0.25) is 0 Å². The van der Waals surface area contributed by atoms with Crippen molar-refractivity contribution in [2.45, 2.75) is 12.3 Å². The van der Waals surface area contributed by atoms with E-state index in [1.54, 1.807) is 24.5 Å². The molecule has 0 saturated carbocycles. The second kappa shape index (κ2) is 7.37. The number of fused-ring (bicyclic) bond motifs is 1. The van der Waals surface area contributed by atoms with Gasteiger partial charge in [-0.15, -0.1) is 11.3 Å². The number of methoxy groups -OCH3 is 1. The molecule has 1 aliphatic rings. The molecule has 1 fully saturated rings. The summed E-state index contributed by atoms with van der Waals surface area (Å²) in [6.07, 6.45) is 0.948. The summed E-state index contributed by atoms with van der Waals surface area (Å²) in [5.74, 6) is 2.13. The number of benzene rings is 2. The molecule has 1 atom stereocenters. The molecule has 5 nitrogen and oxygen atoms in total. The van der Waals surface area contributed by atoms with Crippen molar-refractivity contribution in [3.8, 4) is 16.5 Å². The Labute approximate surface area is 172 Å². The zero-order valence-electron chi connectivity index (χ0n) is 16.0. The van der Waals surface area contributed by atoms with Gasteiger partial charge in [0, 0.05) is 19.0 Å². The second-order valence-corrected chi connectivity index (χ2v) is 8.19. The average molecular weight is 404 g/mol. The predicted octanol–water partition coefficient (Wildman–Crippen LogP) is 5.19. The molecule has 1 aliphatic heterocycles. The molecule has 0 spiro atoms. The largest absolute Gasteiger partial charge is 0.497 e. The summed E-state index contributed by atoms with van der Waals surface area (Å²) in [4.78, 5) is 19.4. The molecule has 0 bridgehead atoms. The van der Waals surface area contributed by atoms with Gasteiger partial charge in [-0.25, -0.2) is 4.98 Å². The first-order valence-electron chi connectivity index (χ1n) is 9.60. The van der Waals surface area contributed by atoms with E-state index in [0.717, 1.165) is 33.9 Å². The number of para-hydroxylation sites is 1. The number of ether oxygens (including phenoxy) is 1. The Morgan fingerprint density at radius 2 is 1.97 bits per heavy atom. The van der Waals surface area contributed by atoms with Gasteiger partial charge in [0.15, 0.2) is 16.5 Å². The van der Waals surface area contributed by atoms with Crippen molar-refractivity contribution < 1.29 is 13.9 Å². The SMILES string of the molecule is COc1ccc(C2CCN(C(=O)c3ccc(-c4nc5ccccc5s4)o3)C2)cc1. The molecular formula is C23H20N2O3S. The van der Waals surface area contributed by atoms with Crippen LogP contribution in [0.1, 0.15) is 28.5 Å². The van der Waals surface area contributed by atoms with Crippen LogP contribution in [0, 0.1) is 0 Å². The molecule has 2 aromatic heterocycles. The molecule has 2 aromatic carbocycles. The van der Waals surface area contributed by atoms with E-state index < -0.39 is 0 Å². The van der Waals surface area contributed by atoms with Crippen LogP contribution in [-0.2, 0) is 0 Å².